The van der Waals surface area contributed by atoms with Gasteiger partial charge in [-0.2, -0.15) is 0 Å². The SMILES string of the molecule is CC(=O)OC1(C(C)=O)CCC2C3C=C(C)C4=CC(=O)CCC4(C)C3CCC21C.O=C(Nc1ccccc1)Nc1ccccc1. The predicted octanol–water partition coefficient (Wildman–Crippen LogP) is 7.91. The molecule has 0 bridgehead atoms. The molecule has 7 heteroatoms. The molecule has 4 aliphatic rings. The second-order valence-electron chi connectivity index (χ2n) is 13.4. The van der Waals surface area contributed by atoms with Gasteiger partial charge in [0.1, 0.15) is 0 Å². The molecule has 2 fully saturated rings. The Kier molecular flexibility index (Phi) is 8.70. The molecule has 0 spiro atoms. The van der Waals surface area contributed by atoms with E-state index >= 15 is 0 Å². The fraction of sp³-hybridized carbons (Fsp3) is 0.459. The summed E-state index contributed by atoms with van der Waals surface area (Å²) < 4.78 is 5.82. The zero-order chi connectivity index (χ0) is 31.7. The van der Waals surface area contributed by atoms with Crippen molar-refractivity contribution in [3.8, 4) is 0 Å². The van der Waals surface area contributed by atoms with Gasteiger partial charge in [0.2, 0.25) is 0 Å². The first-order valence-electron chi connectivity index (χ1n) is 15.7. The van der Waals surface area contributed by atoms with Crippen LogP contribution in [0.5, 0.6) is 0 Å². The average Bonchev–Trinajstić information content (AvgIpc) is 3.28. The molecular weight excluding hydrogens is 552 g/mol. The molecule has 2 saturated carbocycles. The molecule has 2 aromatic rings. The number of ketones is 2. The average molecular weight is 597 g/mol. The number of allylic oxidation sites excluding steroid dienone is 4. The first-order chi connectivity index (χ1) is 20.9. The molecule has 7 nitrogen and oxygen atoms in total. The lowest BCUT2D eigenvalue weighted by Gasteiger charge is -2.58. The predicted molar refractivity (Wildman–Crippen MR) is 172 cm³/mol. The minimum Gasteiger partial charge on any atom is -0.451 e. The van der Waals surface area contributed by atoms with Gasteiger partial charge < -0.3 is 15.4 Å². The first-order valence-corrected chi connectivity index (χ1v) is 15.7. The second kappa shape index (κ2) is 12.2. The van der Waals surface area contributed by atoms with Crippen molar-refractivity contribution < 1.29 is 23.9 Å². The van der Waals surface area contributed by atoms with E-state index in [9.17, 15) is 19.2 Å². The number of hydrogen-bond donors (Lipinski definition) is 2. The highest BCUT2D eigenvalue weighted by molar-refractivity contribution is 5.99. The second-order valence-corrected chi connectivity index (χ2v) is 13.4. The lowest BCUT2D eigenvalue weighted by atomic mass is 9.47. The molecule has 6 unspecified atom stereocenters. The van der Waals surface area contributed by atoms with E-state index in [0.717, 1.165) is 37.1 Å². The van der Waals surface area contributed by atoms with Crippen molar-refractivity contribution in [1.82, 2.24) is 0 Å². The van der Waals surface area contributed by atoms with Crippen LogP contribution in [-0.2, 0) is 19.1 Å². The number of anilines is 2. The van der Waals surface area contributed by atoms with Crippen molar-refractivity contribution >= 4 is 34.9 Å². The van der Waals surface area contributed by atoms with Gasteiger partial charge in [0.15, 0.2) is 17.2 Å². The standard InChI is InChI=1S/C24H32O4.C13H12N2O/c1-14-12-18-19(22(4)9-6-17(27)13-21(14)22)7-10-23(5)20(18)8-11-24(23,15(2)25)28-16(3)26;16-13(14-11-7-3-1-4-8-11)15-12-9-5-2-6-10-12/h12-13,18-20H,6-11H2,1-5H3;1-10H,(H2,14,15,16). The molecule has 6 rings (SSSR count). The number of Topliss-reactive ketones (excluding diaryl/α,β-unsaturated/α-hetero) is 1. The van der Waals surface area contributed by atoms with E-state index < -0.39 is 5.60 Å². The number of hydrogen-bond acceptors (Lipinski definition) is 5. The van der Waals surface area contributed by atoms with Gasteiger partial charge in [0.05, 0.1) is 0 Å². The fourth-order valence-electron chi connectivity index (χ4n) is 8.81. The van der Waals surface area contributed by atoms with Crippen molar-refractivity contribution in [2.24, 2.45) is 28.6 Å². The Balaban J connectivity index is 0.000000204. The van der Waals surface area contributed by atoms with Crippen molar-refractivity contribution in [2.75, 3.05) is 10.6 Å². The summed E-state index contributed by atoms with van der Waals surface area (Å²) in [7, 11) is 0. The Morgan fingerprint density at radius 2 is 1.39 bits per heavy atom. The fourth-order valence-corrected chi connectivity index (χ4v) is 8.81. The van der Waals surface area contributed by atoms with Crippen LogP contribution >= 0.6 is 0 Å². The minimum absolute atomic E-state index is 0.0160. The third-order valence-electron chi connectivity index (χ3n) is 10.9. The van der Waals surface area contributed by atoms with Gasteiger partial charge in [-0.25, -0.2) is 4.79 Å². The summed E-state index contributed by atoms with van der Waals surface area (Å²) in [5, 5.41) is 5.48. The molecule has 0 aromatic heterocycles. The highest BCUT2D eigenvalue weighted by Gasteiger charge is 2.67. The quantitative estimate of drug-likeness (QED) is 0.349. The van der Waals surface area contributed by atoms with Crippen molar-refractivity contribution in [1.29, 1.82) is 0 Å². The van der Waals surface area contributed by atoms with Crippen molar-refractivity contribution in [2.45, 2.75) is 78.7 Å². The maximum absolute atomic E-state index is 12.8. The number of rotatable bonds is 4. The Morgan fingerprint density at radius 3 is 1.93 bits per heavy atom. The van der Waals surface area contributed by atoms with E-state index in [1.807, 2.05) is 66.7 Å². The van der Waals surface area contributed by atoms with E-state index in [1.165, 1.54) is 18.1 Å². The van der Waals surface area contributed by atoms with Crippen LogP contribution in [-0.4, -0.2) is 29.2 Å². The molecule has 2 amide bonds. The molecule has 232 valence electrons. The zero-order valence-corrected chi connectivity index (χ0v) is 26.4. The normalized spacial score (nSPS) is 31.8. The smallest absolute Gasteiger partial charge is 0.323 e. The van der Waals surface area contributed by atoms with Crippen molar-refractivity contribution in [3.63, 3.8) is 0 Å². The van der Waals surface area contributed by atoms with Gasteiger partial charge in [-0.05, 0) is 105 Å². The summed E-state index contributed by atoms with van der Waals surface area (Å²) in [4.78, 5) is 48.3. The highest BCUT2D eigenvalue weighted by atomic mass is 16.6. The number of fused-ring (bicyclic) bond motifs is 5. The molecule has 0 heterocycles. The number of carbonyl (C=O) groups excluding carboxylic acids is 4. The lowest BCUT2D eigenvalue weighted by molar-refractivity contribution is -0.185. The number of urea groups is 1. The van der Waals surface area contributed by atoms with Crippen molar-refractivity contribution in [3.05, 3.63) is 84.0 Å². The molecule has 6 atom stereocenters. The van der Waals surface area contributed by atoms with Crippen LogP contribution in [0.25, 0.3) is 0 Å². The number of carbonyl (C=O) groups is 4. The number of nitrogens with one attached hydrogen (secondary N) is 2. The summed E-state index contributed by atoms with van der Waals surface area (Å²) in [5.41, 5.74) is 2.70. The molecule has 2 aromatic carbocycles. The Hall–Kier alpha value is -4.00. The molecular formula is C37H44N2O5. The van der Waals surface area contributed by atoms with E-state index in [-0.39, 0.29) is 34.4 Å². The number of amides is 2. The Morgan fingerprint density at radius 1 is 0.818 bits per heavy atom. The summed E-state index contributed by atoms with van der Waals surface area (Å²) in [5.74, 6) is 1.03. The first kappa shape index (κ1) is 31.4. The minimum atomic E-state index is -0.990. The highest BCUT2D eigenvalue weighted by Crippen LogP contribution is 2.67. The molecule has 4 aliphatic carbocycles. The molecule has 0 aliphatic heterocycles. The van der Waals surface area contributed by atoms with Crippen LogP contribution in [0.4, 0.5) is 16.2 Å². The van der Waals surface area contributed by atoms with Crippen LogP contribution in [0, 0.1) is 28.6 Å². The van der Waals surface area contributed by atoms with E-state index in [4.69, 9.17) is 4.74 Å². The summed E-state index contributed by atoms with van der Waals surface area (Å²) in [6, 6.07) is 18.4. The third-order valence-corrected chi connectivity index (χ3v) is 10.9. The maximum atomic E-state index is 12.8. The molecule has 44 heavy (non-hydrogen) atoms. The topological polar surface area (TPSA) is 102 Å². The Labute approximate surface area is 260 Å². The monoisotopic (exact) mass is 596 g/mol. The maximum Gasteiger partial charge on any atom is 0.323 e. The number of benzene rings is 2. The van der Waals surface area contributed by atoms with Crippen LogP contribution in [0.1, 0.15) is 73.1 Å². The van der Waals surface area contributed by atoms with Crippen LogP contribution in [0.2, 0.25) is 0 Å². The van der Waals surface area contributed by atoms with Crippen LogP contribution in [0.3, 0.4) is 0 Å². The lowest BCUT2D eigenvalue weighted by Crippen LogP contribution is -2.58. The van der Waals surface area contributed by atoms with Crippen LogP contribution < -0.4 is 10.6 Å². The van der Waals surface area contributed by atoms with Gasteiger partial charge in [0, 0.05) is 30.1 Å². The van der Waals surface area contributed by atoms with E-state index in [2.05, 4.69) is 37.5 Å². The number of ether oxygens (including phenoxy) is 1. The summed E-state index contributed by atoms with van der Waals surface area (Å²) in [6.45, 7) is 9.63. The van der Waals surface area contributed by atoms with E-state index in [1.54, 1.807) is 6.92 Å². The molecule has 0 saturated heterocycles. The summed E-state index contributed by atoms with van der Waals surface area (Å²) >= 11 is 0. The largest absolute Gasteiger partial charge is 0.451 e. The number of esters is 1. The third kappa shape index (κ3) is 5.64. The van der Waals surface area contributed by atoms with Gasteiger partial charge in [-0.15, -0.1) is 0 Å². The molecule has 2 N–H and O–H groups in total. The van der Waals surface area contributed by atoms with Gasteiger partial charge in [-0.1, -0.05) is 61.9 Å². The zero-order valence-electron chi connectivity index (χ0n) is 26.4. The summed E-state index contributed by atoms with van der Waals surface area (Å²) in [6.07, 6.45) is 9.20. The Bertz CT molecular complexity index is 1450. The number of para-hydroxylation sites is 2. The van der Waals surface area contributed by atoms with E-state index in [0.29, 0.717) is 30.6 Å². The van der Waals surface area contributed by atoms with Crippen LogP contribution in [0.15, 0.2) is 84.0 Å². The molecule has 0 radical (unpaired) electrons. The van der Waals surface area contributed by atoms with Gasteiger partial charge in [-0.3, -0.25) is 14.4 Å². The van der Waals surface area contributed by atoms with Gasteiger partial charge in [0.25, 0.3) is 0 Å². The van der Waals surface area contributed by atoms with Gasteiger partial charge >= 0.3 is 12.0 Å².